The first-order valence-corrected chi connectivity index (χ1v) is 5.75. The molecule has 0 fully saturated rings. The van der Waals surface area contributed by atoms with Crippen molar-refractivity contribution in [2.75, 3.05) is 20.1 Å². The Balaban J connectivity index is 2.53. The SMILES string of the molecule is CN(CC(C)(C)CN)C(=O)Cc1cnn(C)c1. The van der Waals surface area contributed by atoms with Gasteiger partial charge in [0.15, 0.2) is 0 Å². The van der Waals surface area contributed by atoms with Crippen molar-refractivity contribution in [2.45, 2.75) is 20.3 Å². The van der Waals surface area contributed by atoms with E-state index < -0.39 is 0 Å². The van der Waals surface area contributed by atoms with E-state index in [-0.39, 0.29) is 11.3 Å². The van der Waals surface area contributed by atoms with Gasteiger partial charge in [-0.15, -0.1) is 0 Å². The number of hydrogen-bond donors (Lipinski definition) is 1. The minimum absolute atomic E-state index is 0.0423. The van der Waals surface area contributed by atoms with Gasteiger partial charge in [0.2, 0.25) is 5.91 Å². The van der Waals surface area contributed by atoms with Gasteiger partial charge in [-0.3, -0.25) is 9.48 Å². The number of aryl methyl sites for hydroxylation is 1. The molecule has 0 radical (unpaired) electrons. The van der Waals surface area contributed by atoms with E-state index in [1.165, 1.54) is 0 Å². The van der Waals surface area contributed by atoms with Gasteiger partial charge in [-0.25, -0.2) is 0 Å². The number of nitrogens with two attached hydrogens (primary N) is 1. The van der Waals surface area contributed by atoms with Crippen LogP contribution in [-0.4, -0.2) is 40.7 Å². The fraction of sp³-hybridized carbons (Fsp3) is 0.667. The molecule has 0 aliphatic rings. The first kappa shape index (κ1) is 13.7. The summed E-state index contributed by atoms with van der Waals surface area (Å²) in [5.41, 5.74) is 6.56. The molecule has 17 heavy (non-hydrogen) atoms. The number of likely N-dealkylation sites (N-methyl/N-ethyl adjacent to an activating group) is 1. The largest absolute Gasteiger partial charge is 0.345 e. The molecule has 0 saturated carbocycles. The number of carbonyl (C=O) groups excluding carboxylic acids is 1. The lowest BCUT2D eigenvalue weighted by Gasteiger charge is -2.29. The molecule has 1 heterocycles. The molecule has 0 spiro atoms. The van der Waals surface area contributed by atoms with Gasteiger partial charge in [0, 0.05) is 26.8 Å². The third-order valence-electron chi connectivity index (χ3n) is 2.76. The summed E-state index contributed by atoms with van der Waals surface area (Å²) >= 11 is 0. The maximum absolute atomic E-state index is 12.0. The summed E-state index contributed by atoms with van der Waals surface area (Å²) in [6.45, 7) is 5.35. The molecule has 0 atom stereocenters. The number of carbonyl (C=O) groups is 1. The van der Waals surface area contributed by atoms with Crippen LogP contribution >= 0.6 is 0 Å². The molecule has 1 aromatic heterocycles. The van der Waals surface area contributed by atoms with Gasteiger partial charge < -0.3 is 10.6 Å². The molecule has 96 valence electrons. The zero-order chi connectivity index (χ0) is 13.1. The monoisotopic (exact) mass is 238 g/mol. The Morgan fingerprint density at radius 2 is 2.24 bits per heavy atom. The first-order chi connectivity index (χ1) is 7.84. The minimum Gasteiger partial charge on any atom is -0.345 e. The summed E-state index contributed by atoms with van der Waals surface area (Å²) in [6, 6.07) is 0. The zero-order valence-electron chi connectivity index (χ0n) is 11.1. The topological polar surface area (TPSA) is 64.2 Å². The van der Waals surface area contributed by atoms with Gasteiger partial charge in [0.25, 0.3) is 0 Å². The molecule has 1 amide bonds. The summed E-state index contributed by atoms with van der Waals surface area (Å²) in [6.07, 6.45) is 3.98. The lowest BCUT2D eigenvalue weighted by atomic mass is 9.93. The fourth-order valence-corrected chi connectivity index (χ4v) is 1.67. The predicted octanol–water partition coefficient (Wildman–Crippen LogP) is 0.406. The number of rotatable bonds is 5. The van der Waals surface area contributed by atoms with Gasteiger partial charge in [-0.2, -0.15) is 5.10 Å². The molecule has 0 bridgehead atoms. The van der Waals surface area contributed by atoms with Crippen molar-refractivity contribution in [3.63, 3.8) is 0 Å². The quantitative estimate of drug-likeness (QED) is 0.808. The van der Waals surface area contributed by atoms with Crippen LogP contribution < -0.4 is 5.73 Å². The molecule has 0 aliphatic carbocycles. The maximum Gasteiger partial charge on any atom is 0.226 e. The second kappa shape index (κ2) is 5.31. The van der Waals surface area contributed by atoms with Crippen molar-refractivity contribution in [2.24, 2.45) is 18.2 Å². The smallest absolute Gasteiger partial charge is 0.226 e. The van der Waals surface area contributed by atoms with Gasteiger partial charge in [0.05, 0.1) is 12.6 Å². The maximum atomic E-state index is 12.0. The molecule has 0 saturated heterocycles. The highest BCUT2D eigenvalue weighted by Crippen LogP contribution is 2.14. The van der Waals surface area contributed by atoms with Crippen LogP contribution in [0.2, 0.25) is 0 Å². The predicted molar refractivity (Wildman–Crippen MR) is 67.4 cm³/mol. The molecule has 0 aliphatic heterocycles. The van der Waals surface area contributed by atoms with E-state index in [9.17, 15) is 4.79 Å². The van der Waals surface area contributed by atoms with Gasteiger partial charge in [-0.1, -0.05) is 13.8 Å². The summed E-state index contributed by atoms with van der Waals surface area (Å²) < 4.78 is 1.70. The van der Waals surface area contributed by atoms with E-state index in [0.29, 0.717) is 19.5 Å². The molecule has 0 aromatic carbocycles. The average Bonchev–Trinajstić information content (AvgIpc) is 2.63. The molecular weight excluding hydrogens is 216 g/mol. The Labute approximate surface area is 103 Å². The van der Waals surface area contributed by atoms with Crippen LogP contribution in [0.1, 0.15) is 19.4 Å². The molecule has 1 aromatic rings. The number of nitrogens with zero attached hydrogens (tertiary/aromatic N) is 3. The van der Waals surface area contributed by atoms with Gasteiger partial charge >= 0.3 is 0 Å². The molecule has 5 heteroatoms. The fourth-order valence-electron chi connectivity index (χ4n) is 1.67. The van der Waals surface area contributed by atoms with Crippen LogP contribution in [0.5, 0.6) is 0 Å². The third kappa shape index (κ3) is 4.19. The van der Waals surface area contributed by atoms with Crippen LogP contribution in [0, 0.1) is 5.41 Å². The molecule has 0 unspecified atom stereocenters. The van der Waals surface area contributed by atoms with Gasteiger partial charge in [-0.05, 0) is 17.5 Å². The van der Waals surface area contributed by atoms with Crippen LogP contribution in [0.25, 0.3) is 0 Å². The Morgan fingerprint density at radius 1 is 1.59 bits per heavy atom. The second-order valence-corrected chi connectivity index (χ2v) is 5.32. The standard InChI is InChI=1S/C12H22N4O/c1-12(2,8-13)9-15(3)11(17)5-10-6-14-16(4)7-10/h6-7H,5,8-9,13H2,1-4H3. The Kier molecular flexibility index (Phi) is 4.28. The third-order valence-corrected chi connectivity index (χ3v) is 2.76. The molecule has 5 nitrogen and oxygen atoms in total. The van der Waals surface area contributed by atoms with Crippen molar-refractivity contribution in [1.29, 1.82) is 0 Å². The van der Waals surface area contributed by atoms with Crippen LogP contribution in [0.4, 0.5) is 0 Å². The van der Waals surface area contributed by atoms with Crippen molar-refractivity contribution in [1.82, 2.24) is 14.7 Å². The highest BCUT2D eigenvalue weighted by molar-refractivity contribution is 5.78. The van der Waals surface area contributed by atoms with E-state index in [1.807, 2.05) is 20.3 Å². The second-order valence-electron chi connectivity index (χ2n) is 5.32. The van der Waals surface area contributed by atoms with Crippen LogP contribution in [0.15, 0.2) is 12.4 Å². The average molecular weight is 238 g/mol. The van der Waals surface area contributed by atoms with Gasteiger partial charge in [0.1, 0.15) is 0 Å². The molecule has 1 rings (SSSR count). The van der Waals surface area contributed by atoms with Crippen molar-refractivity contribution in [3.05, 3.63) is 18.0 Å². The van der Waals surface area contributed by atoms with E-state index >= 15 is 0 Å². The normalized spacial score (nSPS) is 11.6. The first-order valence-electron chi connectivity index (χ1n) is 5.75. The number of amides is 1. The Hall–Kier alpha value is -1.36. The lowest BCUT2D eigenvalue weighted by molar-refractivity contribution is -0.130. The van der Waals surface area contributed by atoms with E-state index in [4.69, 9.17) is 5.73 Å². The van der Waals surface area contributed by atoms with Crippen molar-refractivity contribution >= 4 is 5.91 Å². The zero-order valence-corrected chi connectivity index (χ0v) is 11.1. The number of aromatic nitrogens is 2. The van der Waals surface area contributed by atoms with E-state index in [0.717, 1.165) is 5.56 Å². The van der Waals surface area contributed by atoms with E-state index in [1.54, 1.807) is 15.8 Å². The highest BCUT2D eigenvalue weighted by Gasteiger charge is 2.21. The van der Waals surface area contributed by atoms with Crippen LogP contribution in [-0.2, 0) is 18.3 Å². The summed E-state index contributed by atoms with van der Waals surface area (Å²) in [4.78, 5) is 13.7. The minimum atomic E-state index is -0.0423. The summed E-state index contributed by atoms with van der Waals surface area (Å²) in [7, 11) is 3.66. The lowest BCUT2D eigenvalue weighted by Crippen LogP contribution is -2.40. The summed E-state index contributed by atoms with van der Waals surface area (Å²) in [5.74, 6) is 0.0968. The number of hydrogen-bond acceptors (Lipinski definition) is 3. The Morgan fingerprint density at radius 3 is 2.71 bits per heavy atom. The molecular formula is C12H22N4O. The Bertz CT molecular complexity index is 384. The van der Waals surface area contributed by atoms with E-state index in [2.05, 4.69) is 18.9 Å². The van der Waals surface area contributed by atoms with Crippen molar-refractivity contribution < 1.29 is 4.79 Å². The molecule has 2 N–H and O–H groups in total. The highest BCUT2D eigenvalue weighted by atomic mass is 16.2. The van der Waals surface area contributed by atoms with Crippen molar-refractivity contribution in [3.8, 4) is 0 Å². The summed E-state index contributed by atoms with van der Waals surface area (Å²) in [5, 5.41) is 4.05. The van der Waals surface area contributed by atoms with Crippen LogP contribution in [0.3, 0.4) is 0 Å².